The molecule has 0 saturated heterocycles. The lowest BCUT2D eigenvalue weighted by Gasteiger charge is -2.26. The van der Waals surface area contributed by atoms with Crippen molar-refractivity contribution in [3.8, 4) is 16.9 Å². The van der Waals surface area contributed by atoms with Crippen molar-refractivity contribution in [2.75, 3.05) is 6.61 Å². The molecule has 0 unspecified atom stereocenters. The van der Waals surface area contributed by atoms with Crippen LogP contribution < -0.4 is 4.74 Å². The average Bonchev–Trinajstić information content (AvgIpc) is 2.66. The van der Waals surface area contributed by atoms with Gasteiger partial charge in [0.25, 0.3) is 0 Å². The van der Waals surface area contributed by atoms with Crippen molar-refractivity contribution in [3.63, 3.8) is 0 Å². The molecule has 3 rings (SSSR count). The van der Waals surface area contributed by atoms with Gasteiger partial charge in [-0.15, -0.1) is 0 Å². The molecular weight excluding hydrogens is 330 g/mol. The Morgan fingerprint density at radius 2 is 1.62 bits per heavy atom. The van der Waals surface area contributed by atoms with Crippen LogP contribution in [0.2, 0.25) is 0 Å². The first-order valence-electron chi connectivity index (χ1n) is 9.78. The molecule has 0 N–H and O–H groups in total. The van der Waals surface area contributed by atoms with Crippen molar-refractivity contribution in [1.82, 2.24) is 0 Å². The number of rotatable bonds is 6. The van der Waals surface area contributed by atoms with Gasteiger partial charge in [-0.05, 0) is 54.9 Å². The molecule has 1 aliphatic rings. The fraction of sp³-hybridized carbons (Fsp3) is 0.478. The van der Waals surface area contributed by atoms with E-state index in [1.54, 1.807) is 13.0 Å². The molecule has 0 atom stereocenters. The van der Waals surface area contributed by atoms with Gasteiger partial charge in [-0.25, -0.2) is 4.39 Å². The highest BCUT2D eigenvalue weighted by Crippen LogP contribution is 2.32. The monoisotopic (exact) mass is 358 g/mol. The Bertz CT molecular complexity index is 716. The summed E-state index contributed by atoms with van der Waals surface area (Å²) < 4.78 is 33.5. The molecule has 0 spiro atoms. The highest BCUT2D eigenvalue weighted by atomic mass is 19.2. The molecule has 140 valence electrons. The van der Waals surface area contributed by atoms with E-state index in [0.29, 0.717) is 12.2 Å². The Balaban J connectivity index is 1.65. The molecule has 1 aliphatic carbocycles. The minimum atomic E-state index is -0.917. The third kappa shape index (κ3) is 4.44. The van der Waals surface area contributed by atoms with E-state index >= 15 is 0 Å². The number of ether oxygens (including phenoxy) is 1. The van der Waals surface area contributed by atoms with E-state index in [1.807, 2.05) is 24.3 Å². The van der Waals surface area contributed by atoms with Gasteiger partial charge in [0.15, 0.2) is 11.6 Å². The lowest BCUT2D eigenvalue weighted by molar-refractivity contribution is 0.278. The van der Waals surface area contributed by atoms with Crippen LogP contribution in [0.1, 0.15) is 51.5 Å². The van der Waals surface area contributed by atoms with Crippen LogP contribution >= 0.6 is 0 Å². The highest BCUT2D eigenvalue weighted by molar-refractivity contribution is 5.65. The molecule has 26 heavy (non-hydrogen) atoms. The molecule has 0 radical (unpaired) electrons. The molecule has 0 aliphatic heterocycles. The van der Waals surface area contributed by atoms with Gasteiger partial charge in [0.1, 0.15) is 0 Å². The smallest absolute Gasteiger partial charge is 0.201 e. The zero-order valence-electron chi connectivity index (χ0n) is 15.7. The zero-order chi connectivity index (χ0) is 18.5. The Morgan fingerprint density at radius 1 is 0.923 bits per heavy atom. The normalized spacial score (nSPS) is 20.2. The van der Waals surface area contributed by atoms with Crippen molar-refractivity contribution in [2.45, 2.75) is 52.4 Å². The zero-order valence-corrected chi connectivity index (χ0v) is 15.7. The molecule has 0 aromatic heterocycles. The van der Waals surface area contributed by atoms with Gasteiger partial charge in [0, 0.05) is 5.56 Å². The number of aryl methyl sites for hydroxylation is 1. The van der Waals surface area contributed by atoms with Gasteiger partial charge in [-0.3, -0.25) is 0 Å². The summed E-state index contributed by atoms with van der Waals surface area (Å²) in [4.78, 5) is 0. The molecule has 1 saturated carbocycles. The summed E-state index contributed by atoms with van der Waals surface area (Å²) in [6.07, 6.45) is 7.67. The fourth-order valence-electron chi connectivity index (χ4n) is 3.86. The third-order valence-electron chi connectivity index (χ3n) is 5.59. The van der Waals surface area contributed by atoms with Crippen molar-refractivity contribution in [3.05, 3.63) is 53.6 Å². The fourth-order valence-corrected chi connectivity index (χ4v) is 3.86. The molecule has 0 bridgehead atoms. The molecule has 0 amide bonds. The quantitative estimate of drug-likeness (QED) is 0.552. The maximum atomic E-state index is 14.3. The Kier molecular flexibility index (Phi) is 6.29. The van der Waals surface area contributed by atoms with E-state index in [-0.39, 0.29) is 11.3 Å². The van der Waals surface area contributed by atoms with Gasteiger partial charge >= 0.3 is 0 Å². The summed E-state index contributed by atoms with van der Waals surface area (Å²) in [5, 5.41) is 0. The van der Waals surface area contributed by atoms with Crippen LogP contribution in [0.3, 0.4) is 0 Å². The van der Waals surface area contributed by atoms with Crippen LogP contribution in [0.15, 0.2) is 36.4 Å². The summed E-state index contributed by atoms with van der Waals surface area (Å²) in [7, 11) is 0. The first-order valence-corrected chi connectivity index (χ1v) is 9.78. The summed E-state index contributed by atoms with van der Waals surface area (Å²) in [6, 6.07) is 10.9. The van der Waals surface area contributed by atoms with Crippen LogP contribution in [-0.4, -0.2) is 6.61 Å². The van der Waals surface area contributed by atoms with Crippen LogP contribution in [0.5, 0.6) is 5.75 Å². The average molecular weight is 358 g/mol. The predicted octanol–water partition coefficient (Wildman–Crippen LogP) is 6.79. The van der Waals surface area contributed by atoms with Crippen molar-refractivity contribution < 1.29 is 13.5 Å². The number of hydrogen-bond donors (Lipinski definition) is 0. The molecule has 2 aromatic carbocycles. The second-order valence-corrected chi connectivity index (χ2v) is 7.53. The first kappa shape index (κ1) is 18.9. The van der Waals surface area contributed by atoms with Crippen LogP contribution in [-0.2, 0) is 6.42 Å². The van der Waals surface area contributed by atoms with Crippen molar-refractivity contribution >= 4 is 0 Å². The molecule has 1 nitrogen and oxygen atoms in total. The van der Waals surface area contributed by atoms with E-state index in [0.717, 1.165) is 18.3 Å². The van der Waals surface area contributed by atoms with E-state index < -0.39 is 11.6 Å². The lowest BCUT2D eigenvalue weighted by Crippen LogP contribution is -2.12. The van der Waals surface area contributed by atoms with Crippen LogP contribution in [0.25, 0.3) is 11.1 Å². The molecule has 3 heteroatoms. The summed E-state index contributed by atoms with van der Waals surface area (Å²) >= 11 is 0. The van der Waals surface area contributed by atoms with Gasteiger partial charge in [0.2, 0.25) is 5.82 Å². The standard InChI is InChI=1S/C23H28F2O/c1-3-26-21-15-14-20(22(24)23(21)25)19-12-10-18(11-13-19)9-8-17-6-4-16(2)5-7-17/h10-17H,3-9H2,1-2H3. The minimum Gasteiger partial charge on any atom is -0.491 e. The lowest BCUT2D eigenvalue weighted by atomic mass is 9.80. The SMILES string of the molecule is CCOc1ccc(-c2ccc(CCC3CCC(C)CC3)cc2)c(F)c1F. The van der Waals surface area contributed by atoms with Gasteiger partial charge in [-0.2, -0.15) is 4.39 Å². The summed E-state index contributed by atoms with van der Waals surface area (Å²) in [6.45, 7) is 4.40. The first-order chi connectivity index (χ1) is 12.6. The maximum absolute atomic E-state index is 14.3. The topological polar surface area (TPSA) is 9.23 Å². The van der Waals surface area contributed by atoms with Crippen molar-refractivity contribution in [1.29, 1.82) is 0 Å². The van der Waals surface area contributed by atoms with Gasteiger partial charge in [0.05, 0.1) is 6.61 Å². The Hall–Kier alpha value is -1.90. The van der Waals surface area contributed by atoms with E-state index in [9.17, 15) is 8.78 Å². The maximum Gasteiger partial charge on any atom is 0.201 e. The summed E-state index contributed by atoms with van der Waals surface area (Å²) in [5.41, 5.74) is 2.23. The highest BCUT2D eigenvalue weighted by Gasteiger charge is 2.18. The van der Waals surface area contributed by atoms with Gasteiger partial charge in [-0.1, -0.05) is 56.9 Å². The predicted molar refractivity (Wildman–Crippen MR) is 102 cm³/mol. The summed E-state index contributed by atoms with van der Waals surface area (Å²) in [5.74, 6) is -0.0781. The van der Waals surface area contributed by atoms with Crippen LogP contribution in [0, 0.1) is 23.5 Å². The Morgan fingerprint density at radius 3 is 2.27 bits per heavy atom. The number of benzene rings is 2. The molecule has 0 heterocycles. The van der Waals surface area contributed by atoms with E-state index in [2.05, 4.69) is 6.92 Å². The second kappa shape index (κ2) is 8.66. The molecule has 1 fully saturated rings. The van der Waals surface area contributed by atoms with Crippen LogP contribution in [0.4, 0.5) is 8.78 Å². The minimum absolute atomic E-state index is 0.0350. The van der Waals surface area contributed by atoms with E-state index in [4.69, 9.17) is 4.74 Å². The molecular formula is C23H28F2O. The third-order valence-corrected chi connectivity index (χ3v) is 5.59. The van der Waals surface area contributed by atoms with Gasteiger partial charge < -0.3 is 4.74 Å². The molecule has 2 aromatic rings. The largest absolute Gasteiger partial charge is 0.491 e. The number of halogens is 2. The van der Waals surface area contributed by atoms with E-state index in [1.165, 1.54) is 43.7 Å². The number of hydrogen-bond acceptors (Lipinski definition) is 1. The Labute approximate surface area is 155 Å². The second-order valence-electron chi connectivity index (χ2n) is 7.53. The van der Waals surface area contributed by atoms with Crippen molar-refractivity contribution in [2.24, 2.45) is 11.8 Å².